The number of ether oxygens (including phenoxy) is 3. The van der Waals surface area contributed by atoms with E-state index in [1.165, 1.54) is 0 Å². The normalized spacial score (nSPS) is 15.5. The number of nitrogens with one attached hydrogen (secondary N) is 1. The molecule has 282 valence electrons. The van der Waals surface area contributed by atoms with Crippen LogP contribution in [-0.4, -0.2) is 107 Å². The quantitative estimate of drug-likeness (QED) is 0.152. The third-order valence-corrected chi connectivity index (χ3v) is 9.76. The van der Waals surface area contributed by atoms with Gasteiger partial charge in [-0.2, -0.15) is 0 Å². The zero-order chi connectivity index (χ0) is 37.8. The number of rotatable bonds is 14. The van der Waals surface area contributed by atoms with Crippen molar-refractivity contribution in [3.05, 3.63) is 101 Å². The average molecular weight is 734 g/mol. The highest BCUT2D eigenvalue weighted by atomic mass is 16.5. The number of aromatic nitrogens is 3. The zero-order valence-corrected chi connectivity index (χ0v) is 31.2. The van der Waals surface area contributed by atoms with Crippen molar-refractivity contribution in [1.82, 2.24) is 24.3 Å². The number of carbonyl (C=O) groups is 2. The molecule has 5 aromatic rings. The van der Waals surface area contributed by atoms with Crippen molar-refractivity contribution in [1.29, 1.82) is 0 Å². The monoisotopic (exact) mass is 733 g/mol. The number of carbonyl (C=O) groups excluding carboxylic acids is 2. The second-order valence-corrected chi connectivity index (χ2v) is 14.7. The SMILES string of the molecule is COc1ccc(COc2cccc(OC3CN(c4cc(C(=O)Nc5nc6ccc(CN7CCN(C)CC7)cc6n5CC(C)(C)O)ccn4)C3)c2C=O)cc1. The van der Waals surface area contributed by atoms with Crippen LogP contribution in [0.3, 0.4) is 0 Å². The van der Waals surface area contributed by atoms with Gasteiger partial charge in [0.05, 0.1) is 48.9 Å². The van der Waals surface area contributed by atoms with Gasteiger partial charge in [0.15, 0.2) is 6.29 Å². The Balaban J connectivity index is 0.998. The van der Waals surface area contributed by atoms with Crippen LogP contribution in [0.1, 0.15) is 45.7 Å². The van der Waals surface area contributed by atoms with Gasteiger partial charge in [0.1, 0.15) is 35.8 Å². The van der Waals surface area contributed by atoms with Crippen LogP contribution in [0, 0.1) is 0 Å². The molecule has 0 unspecified atom stereocenters. The van der Waals surface area contributed by atoms with Crippen molar-refractivity contribution in [3.63, 3.8) is 0 Å². The Morgan fingerprint density at radius 3 is 2.44 bits per heavy atom. The van der Waals surface area contributed by atoms with E-state index in [1.807, 2.05) is 39.8 Å². The summed E-state index contributed by atoms with van der Waals surface area (Å²) in [6, 6.07) is 22.4. The number of amides is 1. The van der Waals surface area contributed by atoms with Gasteiger partial charge in [-0.15, -0.1) is 0 Å². The molecule has 2 aromatic heterocycles. The fraction of sp³-hybridized carbons (Fsp3) is 0.366. The average Bonchev–Trinajstić information content (AvgIpc) is 3.47. The van der Waals surface area contributed by atoms with Crippen LogP contribution < -0.4 is 24.4 Å². The maximum atomic E-state index is 13.7. The number of aliphatic hydroxyl groups is 1. The standard InChI is InChI=1S/C41H47N7O6/c1-41(2,51)27-48-35-20-29(22-46-18-16-45(3)17-19-46)10-13-34(35)43-40(48)44-39(50)30-14-15-42-38(21-30)47-23-32(24-47)54-37-7-5-6-36(33(37)25-49)53-26-28-8-11-31(52-4)12-9-28/h5-15,20-21,25,32,51H,16-19,22-24,26-27H2,1-4H3,(H,43,44,50). The molecule has 1 amide bonds. The zero-order valence-electron chi connectivity index (χ0n) is 31.2. The Hall–Kier alpha value is -5.50. The van der Waals surface area contributed by atoms with Crippen molar-refractivity contribution in [2.45, 2.75) is 45.2 Å². The van der Waals surface area contributed by atoms with Crippen LogP contribution in [0.15, 0.2) is 79.0 Å². The van der Waals surface area contributed by atoms with E-state index in [9.17, 15) is 14.7 Å². The van der Waals surface area contributed by atoms with E-state index in [4.69, 9.17) is 19.2 Å². The molecule has 2 N–H and O–H groups in total. The molecule has 54 heavy (non-hydrogen) atoms. The van der Waals surface area contributed by atoms with E-state index in [2.05, 4.69) is 39.3 Å². The van der Waals surface area contributed by atoms with Crippen molar-refractivity contribution in [2.75, 3.05) is 63.6 Å². The molecule has 0 spiro atoms. The van der Waals surface area contributed by atoms with Gasteiger partial charge in [0.2, 0.25) is 5.95 Å². The summed E-state index contributed by atoms with van der Waals surface area (Å²) >= 11 is 0. The summed E-state index contributed by atoms with van der Waals surface area (Å²) in [6.07, 6.45) is 2.17. The van der Waals surface area contributed by atoms with E-state index in [1.54, 1.807) is 57.5 Å². The summed E-state index contributed by atoms with van der Waals surface area (Å²) in [5.74, 6) is 2.31. The predicted octanol–water partition coefficient (Wildman–Crippen LogP) is 4.87. The van der Waals surface area contributed by atoms with Gasteiger partial charge in [-0.25, -0.2) is 9.97 Å². The number of benzene rings is 3. The number of imidazole rings is 1. The number of hydrogen-bond donors (Lipinski definition) is 2. The molecule has 0 bridgehead atoms. The van der Waals surface area contributed by atoms with Gasteiger partial charge in [0, 0.05) is 44.5 Å². The van der Waals surface area contributed by atoms with Gasteiger partial charge in [-0.3, -0.25) is 19.8 Å². The molecule has 2 fully saturated rings. The minimum Gasteiger partial charge on any atom is -0.497 e. The lowest BCUT2D eigenvalue weighted by Crippen LogP contribution is -2.54. The molecular formula is C41H47N7O6. The molecular weight excluding hydrogens is 686 g/mol. The number of methoxy groups -OCH3 is 1. The number of hydrogen-bond acceptors (Lipinski definition) is 11. The summed E-state index contributed by atoms with van der Waals surface area (Å²) in [6.45, 7) is 9.98. The minimum absolute atomic E-state index is 0.192. The Labute approximate surface area is 315 Å². The Bertz CT molecular complexity index is 2100. The Morgan fingerprint density at radius 1 is 0.981 bits per heavy atom. The molecule has 13 nitrogen and oxygen atoms in total. The molecule has 4 heterocycles. The van der Waals surface area contributed by atoms with Crippen LogP contribution in [0.2, 0.25) is 0 Å². The summed E-state index contributed by atoms with van der Waals surface area (Å²) in [5.41, 5.74) is 3.42. The van der Waals surface area contributed by atoms with Crippen LogP contribution >= 0.6 is 0 Å². The number of anilines is 2. The molecule has 3 aromatic carbocycles. The minimum atomic E-state index is -1.04. The third kappa shape index (κ3) is 8.65. The number of pyridine rings is 1. The highest BCUT2D eigenvalue weighted by molar-refractivity contribution is 6.04. The molecule has 13 heteroatoms. The molecule has 0 radical (unpaired) electrons. The maximum absolute atomic E-state index is 13.7. The van der Waals surface area contributed by atoms with Crippen molar-refractivity contribution >= 4 is 35.0 Å². The van der Waals surface area contributed by atoms with Crippen molar-refractivity contribution < 1.29 is 28.9 Å². The van der Waals surface area contributed by atoms with Crippen LogP contribution in [0.25, 0.3) is 11.0 Å². The molecule has 2 aliphatic rings. The van der Waals surface area contributed by atoms with E-state index in [-0.39, 0.29) is 25.2 Å². The van der Waals surface area contributed by atoms with E-state index < -0.39 is 5.60 Å². The Kier molecular flexibility index (Phi) is 10.8. The smallest absolute Gasteiger partial charge is 0.258 e. The lowest BCUT2D eigenvalue weighted by molar-refractivity contribution is 0.0630. The van der Waals surface area contributed by atoms with Crippen LogP contribution in [0.5, 0.6) is 17.2 Å². The molecule has 2 aliphatic heterocycles. The largest absolute Gasteiger partial charge is 0.497 e. The summed E-state index contributed by atoms with van der Waals surface area (Å²) in [4.78, 5) is 41.9. The van der Waals surface area contributed by atoms with Crippen molar-refractivity contribution in [2.24, 2.45) is 0 Å². The number of aldehydes is 1. The Morgan fingerprint density at radius 2 is 1.72 bits per heavy atom. The van der Waals surface area contributed by atoms with Gasteiger partial charge in [-0.1, -0.05) is 24.3 Å². The lowest BCUT2D eigenvalue weighted by atomic mass is 10.1. The van der Waals surface area contributed by atoms with Gasteiger partial charge in [-0.05, 0) is 80.6 Å². The number of likely N-dealkylation sites (N-methyl/N-ethyl adjacent to an activating group) is 1. The second-order valence-electron chi connectivity index (χ2n) is 14.7. The van der Waals surface area contributed by atoms with Gasteiger partial charge >= 0.3 is 0 Å². The van der Waals surface area contributed by atoms with Gasteiger partial charge in [0.25, 0.3) is 5.91 Å². The number of fused-ring (bicyclic) bond motifs is 1. The highest BCUT2D eigenvalue weighted by Crippen LogP contribution is 2.31. The first-order valence-electron chi connectivity index (χ1n) is 18.2. The number of nitrogens with zero attached hydrogens (tertiary/aromatic N) is 6. The summed E-state index contributed by atoms with van der Waals surface area (Å²) in [7, 11) is 3.76. The maximum Gasteiger partial charge on any atom is 0.258 e. The highest BCUT2D eigenvalue weighted by Gasteiger charge is 2.31. The van der Waals surface area contributed by atoms with E-state index in [0.717, 1.165) is 66.9 Å². The summed E-state index contributed by atoms with van der Waals surface area (Å²) in [5, 5.41) is 13.8. The topological polar surface area (TPSA) is 135 Å². The van der Waals surface area contributed by atoms with Crippen LogP contribution in [0.4, 0.5) is 11.8 Å². The number of piperazine rings is 1. The van der Waals surface area contributed by atoms with Crippen molar-refractivity contribution in [3.8, 4) is 17.2 Å². The first-order chi connectivity index (χ1) is 26.0. The van der Waals surface area contributed by atoms with Crippen LogP contribution in [-0.2, 0) is 19.7 Å². The molecule has 0 saturated carbocycles. The lowest BCUT2D eigenvalue weighted by Gasteiger charge is -2.40. The first kappa shape index (κ1) is 36.8. The third-order valence-electron chi connectivity index (χ3n) is 9.76. The fourth-order valence-electron chi connectivity index (χ4n) is 6.71. The molecule has 7 rings (SSSR count). The molecule has 2 saturated heterocycles. The van der Waals surface area contributed by atoms with E-state index in [0.29, 0.717) is 47.5 Å². The molecule has 0 aliphatic carbocycles. The van der Waals surface area contributed by atoms with E-state index >= 15 is 0 Å². The second kappa shape index (κ2) is 15.8. The van der Waals surface area contributed by atoms with Gasteiger partial charge < -0.3 is 33.7 Å². The molecule has 0 atom stereocenters. The first-order valence-corrected chi connectivity index (χ1v) is 18.2. The summed E-state index contributed by atoms with van der Waals surface area (Å²) < 4.78 is 19.3. The predicted molar refractivity (Wildman–Crippen MR) is 207 cm³/mol. The fourth-order valence-corrected chi connectivity index (χ4v) is 6.71.